The van der Waals surface area contributed by atoms with Crippen LogP contribution in [0.1, 0.15) is 6.42 Å². The molecule has 0 unspecified atom stereocenters. The Balaban J connectivity index is 1.82. The summed E-state index contributed by atoms with van der Waals surface area (Å²) in [5.74, 6) is 0.442. The molecule has 80 valence electrons. The normalized spacial score (nSPS) is 18.1. The van der Waals surface area contributed by atoms with E-state index < -0.39 is 0 Å². The van der Waals surface area contributed by atoms with Crippen LogP contribution in [-0.2, 0) is 4.79 Å². The Morgan fingerprint density at radius 3 is 2.50 bits per heavy atom. The lowest BCUT2D eigenvalue weighted by Crippen LogP contribution is -1.92. The Kier molecular flexibility index (Phi) is 3.50. The fourth-order valence-corrected chi connectivity index (χ4v) is 1.61. The third-order valence-corrected chi connectivity index (χ3v) is 2.51. The van der Waals surface area contributed by atoms with Crippen molar-refractivity contribution in [1.29, 1.82) is 0 Å². The summed E-state index contributed by atoms with van der Waals surface area (Å²) in [7, 11) is 0. The second-order valence-corrected chi connectivity index (χ2v) is 3.80. The highest BCUT2D eigenvalue weighted by molar-refractivity contribution is 5.91. The second-order valence-electron chi connectivity index (χ2n) is 3.80. The van der Waals surface area contributed by atoms with Gasteiger partial charge in [-0.1, -0.05) is 60.8 Å². The van der Waals surface area contributed by atoms with Crippen molar-refractivity contribution < 1.29 is 4.79 Å². The summed E-state index contributed by atoms with van der Waals surface area (Å²) >= 11 is 0. The number of hydrogen-bond acceptors (Lipinski definition) is 1. The van der Waals surface area contributed by atoms with Crippen LogP contribution in [0.5, 0.6) is 0 Å². The number of carbonyl (C=O) groups excluding carboxylic acids is 1. The van der Waals surface area contributed by atoms with Gasteiger partial charge in [-0.3, -0.25) is 4.79 Å². The summed E-state index contributed by atoms with van der Waals surface area (Å²) in [6.07, 6.45) is 22.1. The van der Waals surface area contributed by atoms with Crippen LogP contribution in [-0.4, -0.2) is 5.78 Å². The highest BCUT2D eigenvalue weighted by atomic mass is 16.1. The van der Waals surface area contributed by atoms with E-state index >= 15 is 0 Å². The second kappa shape index (κ2) is 5.26. The molecule has 0 bridgehead atoms. The van der Waals surface area contributed by atoms with E-state index in [1.807, 2.05) is 48.6 Å². The molecule has 0 amide bonds. The monoisotopic (exact) mass is 210 g/mol. The van der Waals surface area contributed by atoms with Gasteiger partial charge in [0, 0.05) is 12.3 Å². The summed E-state index contributed by atoms with van der Waals surface area (Å²) in [6, 6.07) is 0. The minimum absolute atomic E-state index is 0.148. The highest BCUT2D eigenvalue weighted by Gasteiger charge is 2.00. The Morgan fingerprint density at radius 1 is 1.12 bits per heavy atom. The molecule has 0 heterocycles. The lowest BCUT2D eigenvalue weighted by Gasteiger charge is -1.94. The van der Waals surface area contributed by atoms with E-state index in [-0.39, 0.29) is 5.78 Å². The lowest BCUT2D eigenvalue weighted by atomic mass is 10.1. The van der Waals surface area contributed by atoms with Crippen molar-refractivity contribution in [3.05, 3.63) is 72.4 Å². The van der Waals surface area contributed by atoms with Crippen LogP contribution in [0.15, 0.2) is 72.4 Å². The molecule has 0 aromatic heterocycles. The summed E-state index contributed by atoms with van der Waals surface area (Å²) in [5, 5.41) is 0. The van der Waals surface area contributed by atoms with Crippen molar-refractivity contribution in [2.45, 2.75) is 6.42 Å². The van der Waals surface area contributed by atoms with Gasteiger partial charge in [0.05, 0.1) is 0 Å². The van der Waals surface area contributed by atoms with E-state index in [4.69, 9.17) is 0 Å². The van der Waals surface area contributed by atoms with E-state index in [9.17, 15) is 4.79 Å². The minimum Gasteiger partial charge on any atom is -0.295 e. The molecule has 16 heavy (non-hydrogen) atoms. The van der Waals surface area contributed by atoms with Crippen molar-refractivity contribution in [3.63, 3.8) is 0 Å². The maximum absolute atomic E-state index is 11.5. The first-order valence-corrected chi connectivity index (χ1v) is 5.45. The fourth-order valence-electron chi connectivity index (χ4n) is 1.61. The standard InChI is InChI=1S/C15H14O/c16-15(11-9-13-5-1-2-6-13)12-10-14-7-3-4-8-14/h1-11,13H,12H2. The topological polar surface area (TPSA) is 17.1 Å². The Morgan fingerprint density at radius 2 is 1.81 bits per heavy atom. The average Bonchev–Trinajstić information content (AvgIpc) is 2.96. The number of allylic oxidation sites excluding steroid dienone is 12. The van der Waals surface area contributed by atoms with Crippen LogP contribution in [0.4, 0.5) is 0 Å². The van der Waals surface area contributed by atoms with Gasteiger partial charge in [0.1, 0.15) is 0 Å². The first kappa shape index (κ1) is 10.6. The summed E-state index contributed by atoms with van der Waals surface area (Å²) in [5.41, 5.74) is 1.11. The van der Waals surface area contributed by atoms with Gasteiger partial charge in [0.25, 0.3) is 0 Å². The Bertz CT molecular complexity index is 416. The summed E-state index contributed by atoms with van der Waals surface area (Å²) < 4.78 is 0. The molecule has 2 rings (SSSR count). The van der Waals surface area contributed by atoms with Crippen molar-refractivity contribution in [2.24, 2.45) is 5.92 Å². The Hall–Kier alpha value is -1.89. The van der Waals surface area contributed by atoms with Crippen molar-refractivity contribution in [1.82, 2.24) is 0 Å². The molecule has 2 aliphatic rings. The van der Waals surface area contributed by atoms with Crippen LogP contribution >= 0.6 is 0 Å². The number of ketones is 1. The maximum atomic E-state index is 11.5. The molecule has 0 atom stereocenters. The molecule has 0 saturated heterocycles. The molecule has 0 radical (unpaired) electrons. The van der Waals surface area contributed by atoms with Gasteiger partial charge in [-0.25, -0.2) is 0 Å². The van der Waals surface area contributed by atoms with Crippen LogP contribution in [0.3, 0.4) is 0 Å². The quantitative estimate of drug-likeness (QED) is 0.651. The zero-order valence-corrected chi connectivity index (χ0v) is 9.04. The van der Waals surface area contributed by atoms with Gasteiger partial charge in [0.15, 0.2) is 5.78 Å². The zero-order chi connectivity index (χ0) is 11.2. The summed E-state index contributed by atoms with van der Waals surface area (Å²) in [4.78, 5) is 11.5. The summed E-state index contributed by atoms with van der Waals surface area (Å²) in [6.45, 7) is 0. The van der Waals surface area contributed by atoms with Crippen LogP contribution in [0.25, 0.3) is 0 Å². The maximum Gasteiger partial charge on any atom is 0.159 e. The molecule has 0 N–H and O–H groups in total. The lowest BCUT2D eigenvalue weighted by molar-refractivity contribution is -0.113. The molecule has 1 nitrogen and oxygen atoms in total. The van der Waals surface area contributed by atoms with Gasteiger partial charge in [-0.15, -0.1) is 0 Å². The van der Waals surface area contributed by atoms with Gasteiger partial charge in [0.2, 0.25) is 0 Å². The largest absolute Gasteiger partial charge is 0.295 e. The molecule has 0 aromatic carbocycles. The van der Waals surface area contributed by atoms with Crippen LogP contribution in [0, 0.1) is 5.92 Å². The molecule has 0 spiro atoms. The van der Waals surface area contributed by atoms with Crippen molar-refractivity contribution in [3.8, 4) is 0 Å². The van der Waals surface area contributed by atoms with Gasteiger partial charge >= 0.3 is 0 Å². The molecule has 0 saturated carbocycles. The predicted octanol–water partition coefficient (Wildman–Crippen LogP) is 3.30. The Labute approximate surface area is 95.9 Å². The fraction of sp³-hybridized carbons (Fsp3) is 0.133. The molecule has 1 heteroatoms. The predicted molar refractivity (Wildman–Crippen MR) is 66.9 cm³/mol. The molecule has 0 aliphatic heterocycles. The number of hydrogen-bond donors (Lipinski definition) is 0. The third kappa shape index (κ3) is 3.06. The molecular formula is C15H14O. The van der Waals surface area contributed by atoms with Crippen LogP contribution < -0.4 is 0 Å². The first-order chi connectivity index (χ1) is 7.84. The zero-order valence-electron chi connectivity index (χ0n) is 9.04. The van der Waals surface area contributed by atoms with E-state index in [0.717, 1.165) is 5.57 Å². The van der Waals surface area contributed by atoms with E-state index in [0.29, 0.717) is 12.3 Å². The van der Waals surface area contributed by atoms with Crippen molar-refractivity contribution >= 4 is 5.78 Å². The average molecular weight is 210 g/mol. The van der Waals surface area contributed by atoms with Gasteiger partial charge < -0.3 is 0 Å². The van der Waals surface area contributed by atoms with Crippen LogP contribution in [0.2, 0.25) is 0 Å². The number of rotatable bonds is 4. The van der Waals surface area contributed by atoms with Gasteiger partial charge in [-0.05, 0) is 11.6 Å². The highest BCUT2D eigenvalue weighted by Crippen LogP contribution is 2.11. The number of carbonyl (C=O) groups is 1. The molecular weight excluding hydrogens is 196 g/mol. The smallest absolute Gasteiger partial charge is 0.159 e. The molecule has 0 fully saturated rings. The first-order valence-electron chi connectivity index (χ1n) is 5.45. The van der Waals surface area contributed by atoms with E-state index in [2.05, 4.69) is 12.2 Å². The molecule has 2 aliphatic carbocycles. The van der Waals surface area contributed by atoms with Crippen molar-refractivity contribution in [2.75, 3.05) is 0 Å². The SMILES string of the molecule is O=C(C=CC1C=CC=C1)CC=C1C=CC=C1. The van der Waals surface area contributed by atoms with E-state index in [1.54, 1.807) is 6.08 Å². The van der Waals surface area contributed by atoms with E-state index in [1.165, 1.54) is 0 Å². The van der Waals surface area contributed by atoms with Gasteiger partial charge in [-0.2, -0.15) is 0 Å². The minimum atomic E-state index is 0.148. The third-order valence-electron chi connectivity index (χ3n) is 2.51. The molecule has 0 aromatic rings.